The predicted molar refractivity (Wildman–Crippen MR) is 117 cm³/mol. The summed E-state index contributed by atoms with van der Waals surface area (Å²) < 4.78 is 33.7. The highest BCUT2D eigenvalue weighted by Crippen LogP contribution is 2.32. The van der Waals surface area contributed by atoms with Crippen LogP contribution >= 0.6 is 11.6 Å². The number of ether oxygens (including phenoxy) is 1. The number of sulfonamides is 1. The molecule has 4 rings (SSSR count). The number of aliphatic hydroxyl groups is 2. The Morgan fingerprint density at radius 2 is 2.12 bits per heavy atom. The normalized spacial score (nSPS) is 24.0. The summed E-state index contributed by atoms with van der Waals surface area (Å²) in [4.78, 5) is 11.9. The van der Waals surface area contributed by atoms with Crippen molar-refractivity contribution in [2.75, 3.05) is 24.6 Å². The van der Waals surface area contributed by atoms with Crippen molar-refractivity contribution in [1.29, 1.82) is 0 Å². The van der Waals surface area contributed by atoms with Gasteiger partial charge in [-0.3, -0.25) is 4.57 Å². The van der Waals surface area contributed by atoms with E-state index in [1.54, 1.807) is 18.2 Å². The van der Waals surface area contributed by atoms with Crippen molar-refractivity contribution >= 4 is 50.4 Å². The van der Waals surface area contributed by atoms with Gasteiger partial charge < -0.3 is 26.4 Å². The summed E-state index contributed by atoms with van der Waals surface area (Å²) in [5.41, 5.74) is 10.8. The van der Waals surface area contributed by atoms with Crippen molar-refractivity contribution in [3.63, 3.8) is 0 Å². The molecule has 0 saturated carbocycles. The molecule has 12 nitrogen and oxygen atoms in total. The number of hydrogen-bond acceptors (Lipinski definition) is 10. The lowest BCUT2D eigenvalue weighted by atomic mass is 10.1. The number of rotatable bonds is 6. The second-order valence-corrected chi connectivity index (χ2v) is 9.22. The largest absolute Gasteiger partial charge is 0.398 e. The summed E-state index contributed by atoms with van der Waals surface area (Å²) in [5.74, 6) is 0.112. The Balaban J connectivity index is 1.48. The number of nitrogen functional groups attached to an aromatic ring is 2. The average molecular weight is 482 g/mol. The molecule has 0 aliphatic carbocycles. The molecule has 14 heteroatoms. The van der Waals surface area contributed by atoms with Gasteiger partial charge in [-0.1, -0.05) is 17.7 Å². The number of aromatic nitrogens is 4. The third-order valence-electron chi connectivity index (χ3n) is 5.10. The van der Waals surface area contributed by atoms with Gasteiger partial charge in [-0.25, -0.2) is 28.1 Å². The molecule has 170 valence electrons. The fourth-order valence-electron chi connectivity index (χ4n) is 3.36. The maximum absolute atomic E-state index is 12.4. The van der Waals surface area contributed by atoms with E-state index in [0.717, 1.165) is 5.41 Å². The quantitative estimate of drug-likeness (QED) is 0.290. The van der Waals surface area contributed by atoms with Gasteiger partial charge in [0.05, 0.1) is 12.9 Å². The van der Waals surface area contributed by atoms with Crippen LogP contribution in [0.25, 0.3) is 17.2 Å². The first-order valence-electron chi connectivity index (χ1n) is 9.30. The van der Waals surface area contributed by atoms with Crippen LogP contribution in [0.3, 0.4) is 0 Å². The molecule has 0 amide bonds. The number of fused-ring (bicyclic) bond motifs is 1. The Morgan fingerprint density at radius 3 is 2.88 bits per heavy atom. The number of hydrogen-bond donors (Lipinski definition) is 5. The van der Waals surface area contributed by atoms with Gasteiger partial charge in [0.25, 0.3) is 0 Å². The van der Waals surface area contributed by atoms with E-state index in [1.807, 2.05) is 0 Å². The van der Waals surface area contributed by atoms with Crippen LogP contribution in [-0.2, 0) is 20.5 Å². The average Bonchev–Trinajstić information content (AvgIpc) is 3.30. The fraction of sp³-hybridized carbons (Fsp3) is 0.278. The van der Waals surface area contributed by atoms with Crippen LogP contribution in [0.2, 0.25) is 5.02 Å². The lowest BCUT2D eigenvalue weighted by Crippen LogP contribution is -2.48. The SMILES string of the molecule is Nc1cccc(Cl)c1/C=C/S(=O)(=O)NC[C@H]1OC[C@](O)(n2cnc3c(N)ncnc32)[C@@H]1O. The summed E-state index contributed by atoms with van der Waals surface area (Å²) in [6.45, 7) is -0.639. The number of anilines is 2. The first-order valence-corrected chi connectivity index (χ1v) is 11.2. The maximum Gasteiger partial charge on any atom is 0.233 e. The van der Waals surface area contributed by atoms with E-state index in [4.69, 9.17) is 27.8 Å². The molecule has 3 heterocycles. The van der Waals surface area contributed by atoms with E-state index in [9.17, 15) is 18.6 Å². The van der Waals surface area contributed by atoms with Crippen LogP contribution in [0.5, 0.6) is 0 Å². The molecule has 1 saturated heterocycles. The highest BCUT2D eigenvalue weighted by atomic mass is 35.5. The summed E-state index contributed by atoms with van der Waals surface area (Å²) in [6, 6.07) is 4.82. The fourth-order valence-corrected chi connectivity index (χ4v) is 4.41. The molecular weight excluding hydrogens is 462 g/mol. The Labute approximate surface area is 187 Å². The molecule has 0 spiro atoms. The van der Waals surface area contributed by atoms with Crippen molar-refractivity contribution in [3.05, 3.63) is 46.8 Å². The molecule has 3 aromatic rings. The molecule has 32 heavy (non-hydrogen) atoms. The van der Waals surface area contributed by atoms with Crippen molar-refractivity contribution < 1.29 is 23.4 Å². The smallest absolute Gasteiger partial charge is 0.233 e. The number of imidazole rings is 1. The molecule has 0 radical (unpaired) electrons. The number of nitrogens with zero attached hydrogens (tertiary/aromatic N) is 4. The van der Waals surface area contributed by atoms with Crippen molar-refractivity contribution in [1.82, 2.24) is 24.2 Å². The number of nitrogens with one attached hydrogen (secondary N) is 1. The van der Waals surface area contributed by atoms with Crippen LogP contribution < -0.4 is 16.2 Å². The van der Waals surface area contributed by atoms with Crippen molar-refractivity contribution in [2.24, 2.45) is 0 Å². The Bertz CT molecular complexity index is 1280. The van der Waals surface area contributed by atoms with E-state index < -0.39 is 28.0 Å². The molecule has 2 aromatic heterocycles. The minimum atomic E-state index is -3.93. The Kier molecular flexibility index (Phi) is 5.79. The van der Waals surface area contributed by atoms with E-state index in [-0.39, 0.29) is 30.1 Å². The standard InChI is InChI=1S/C18H20ClN7O5S/c19-11-2-1-3-12(20)10(11)4-5-32(29,30)25-6-13-15(27)18(28,7-31-13)26-9-24-14-16(21)22-8-23-17(14)26/h1-5,8-9,13,15,25,27-28H,6-7,20H2,(H2,21,22,23)/b5-4+/t13-,15-,18-/m1/s1. The first kappa shape index (κ1) is 22.4. The zero-order valence-corrected chi connectivity index (χ0v) is 18.0. The topological polar surface area (TPSA) is 191 Å². The van der Waals surface area contributed by atoms with E-state index >= 15 is 0 Å². The Morgan fingerprint density at radius 1 is 1.34 bits per heavy atom. The number of nitrogens with two attached hydrogens (primary N) is 2. The van der Waals surface area contributed by atoms with Gasteiger partial charge in [0, 0.05) is 28.2 Å². The number of benzene rings is 1. The van der Waals surface area contributed by atoms with E-state index in [2.05, 4.69) is 19.7 Å². The number of halogens is 1. The van der Waals surface area contributed by atoms with Crippen LogP contribution in [-0.4, -0.2) is 63.5 Å². The van der Waals surface area contributed by atoms with Crippen molar-refractivity contribution in [3.8, 4) is 0 Å². The monoisotopic (exact) mass is 481 g/mol. The number of aliphatic hydroxyl groups excluding tert-OH is 1. The molecule has 1 aliphatic heterocycles. The third-order valence-corrected chi connectivity index (χ3v) is 6.49. The summed E-state index contributed by atoms with van der Waals surface area (Å²) >= 11 is 6.04. The third kappa shape index (κ3) is 4.01. The molecule has 1 aliphatic rings. The first-order chi connectivity index (χ1) is 15.1. The second-order valence-electron chi connectivity index (χ2n) is 7.16. The van der Waals surface area contributed by atoms with Gasteiger partial charge >= 0.3 is 0 Å². The molecule has 0 unspecified atom stereocenters. The van der Waals surface area contributed by atoms with Gasteiger partial charge in [0.1, 0.15) is 24.1 Å². The lowest BCUT2D eigenvalue weighted by molar-refractivity contribution is -0.107. The molecule has 1 fully saturated rings. The van der Waals surface area contributed by atoms with Gasteiger partial charge in [0.15, 0.2) is 17.2 Å². The van der Waals surface area contributed by atoms with Crippen LogP contribution in [0.4, 0.5) is 11.5 Å². The summed E-state index contributed by atoms with van der Waals surface area (Å²) in [5, 5.41) is 23.0. The summed E-state index contributed by atoms with van der Waals surface area (Å²) in [6.07, 6.45) is 1.17. The van der Waals surface area contributed by atoms with Gasteiger partial charge in [0.2, 0.25) is 10.0 Å². The maximum atomic E-state index is 12.4. The predicted octanol–water partition coefficient (Wildman–Crippen LogP) is -0.361. The lowest BCUT2D eigenvalue weighted by Gasteiger charge is -2.27. The van der Waals surface area contributed by atoms with Gasteiger partial charge in [-0.15, -0.1) is 0 Å². The zero-order chi connectivity index (χ0) is 23.1. The zero-order valence-electron chi connectivity index (χ0n) is 16.5. The van der Waals surface area contributed by atoms with E-state index in [0.29, 0.717) is 16.3 Å². The molecular formula is C18H20ClN7O5S. The van der Waals surface area contributed by atoms with E-state index in [1.165, 1.54) is 23.3 Å². The van der Waals surface area contributed by atoms with Crippen LogP contribution in [0.1, 0.15) is 5.56 Å². The minimum absolute atomic E-state index is 0.112. The second kappa shape index (κ2) is 8.27. The molecule has 3 atom stereocenters. The Hall–Kier alpha value is -2.81. The van der Waals surface area contributed by atoms with Gasteiger partial charge in [-0.05, 0) is 18.2 Å². The van der Waals surface area contributed by atoms with Crippen LogP contribution in [0, 0.1) is 0 Å². The molecule has 1 aromatic carbocycles. The summed E-state index contributed by atoms with van der Waals surface area (Å²) in [7, 11) is -3.93. The molecule has 0 bridgehead atoms. The highest BCUT2D eigenvalue weighted by molar-refractivity contribution is 7.92. The van der Waals surface area contributed by atoms with Crippen LogP contribution in [0.15, 0.2) is 36.3 Å². The highest BCUT2D eigenvalue weighted by Gasteiger charge is 2.50. The van der Waals surface area contributed by atoms with Crippen molar-refractivity contribution in [2.45, 2.75) is 17.9 Å². The minimum Gasteiger partial charge on any atom is -0.398 e. The molecule has 7 N–H and O–H groups in total. The van der Waals surface area contributed by atoms with Gasteiger partial charge in [-0.2, -0.15) is 0 Å².